The van der Waals surface area contributed by atoms with Crippen molar-refractivity contribution in [1.82, 2.24) is 4.98 Å². The molecule has 0 aliphatic heterocycles. The number of benzene rings is 1. The molecular formula is C12H14N2O2S2. The van der Waals surface area contributed by atoms with Gasteiger partial charge in [0.15, 0.2) is 9.84 Å². The van der Waals surface area contributed by atoms with Gasteiger partial charge in [-0.25, -0.2) is 8.42 Å². The molecule has 0 aliphatic rings. The van der Waals surface area contributed by atoms with Crippen LogP contribution in [-0.2, 0) is 16.3 Å². The van der Waals surface area contributed by atoms with E-state index in [4.69, 9.17) is 5.73 Å². The first-order chi connectivity index (χ1) is 8.47. The van der Waals surface area contributed by atoms with Crippen molar-refractivity contribution < 1.29 is 8.42 Å². The number of aromatic nitrogens is 1. The van der Waals surface area contributed by atoms with Gasteiger partial charge in [0.05, 0.1) is 10.4 Å². The number of hydrogen-bond acceptors (Lipinski definition) is 5. The smallest absolute Gasteiger partial charge is 0.175 e. The van der Waals surface area contributed by atoms with E-state index in [1.807, 2.05) is 6.07 Å². The molecule has 1 unspecified atom stereocenters. The lowest BCUT2D eigenvalue weighted by Crippen LogP contribution is -2.13. The highest BCUT2D eigenvalue weighted by Gasteiger charge is 2.12. The van der Waals surface area contributed by atoms with E-state index in [1.54, 1.807) is 41.2 Å². The normalized spacial score (nSPS) is 13.4. The van der Waals surface area contributed by atoms with E-state index in [0.29, 0.717) is 11.3 Å². The second kappa shape index (κ2) is 5.17. The van der Waals surface area contributed by atoms with Crippen molar-refractivity contribution >= 4 is 21.2 Å². The summed E-state index contributed by atoms with van der Waals surface area (Å²) in [4.78, 5) is 5.39. The highest BCUT2D eigenvalue weighted by Crippen LogP contribution is 2.20. The van der Waals surface area contributed by atoms with Crippen LogP contribution in [0.5, 0.6) is 0 Å². The molecule has 2 rings (SSSR count). The maximum atomic E-state index is 11.5. The number of nitrogens with zero attached hydrogens (tertiary/aromatic N) is 1. The number of rotatable bonds is 4. The summed E-state index contributed by atoms with van der Waals surface area (Å²) in [5.74, 6) is 0. The number of sulfone groups is 1. The number of hydrogen-bond donors (Lipinski definition) is 1. The topological polar surface area (TPSA) is 73.0 Å². The average molecular weight is 282 g/mol. The van der Waals surface area contributed by atoms with Gasteiger partial charge in [-0.3, -0.25) is 4.98 Å². The number of thiazole rings is 1. The fourth-order valence-electron chi connectivity index (χ4n) is 1.65. The minimum atomic E-state index is -3.19. The maximum absolute atomic E-state index is 11.5. The summed E-state index contributed by atoms with van der Waals surface area (Å²) in [6.45, 7) is 0. The molecule has 1 aromatic carbocycles. The van der Waals surface area contributed by atoms with Crippen LogP contribution in [0.15, 0.2) is 40.9 Å². The molecule has 0 amide bonds. The van der Waals surface area contributed by atoms with Crippen molar-refractivity contribution in [3.8, 4) is 0 Å². The Kier molecular flexibility index (Phi) is 3.79. The third-order valence-electron chi connectivity index (χ3n) is 2.62. The van der Waals surface area contributed by atoms with Crippen molar-refractivity contribution in [2.75, 3.05) is 6.26 Å². The zero-order valence-corrected chi connectivity index (χ0v) is 11.5. The average Bonchev–Trinajstić information content (AvgIpc) is 2.81. The van der Waals surface area contributed by atoms with Gasteiger partial charge >= 0.3 is 0 Å². The monoisotopic (exact) mass is 282 g/mol. The number of nitrogens with two attached hydrogens (primary N) is 1. The zero-order chi connectivity index (χ0) is 13.2. The van der Waals surface area contributed by atoms with E-state index in [1.165, 1.54) is 6.26 Å². The Morgan fingerprint density at radius 1 is 1.44 bits per heavy atom. The van der Waals surface area contributed by atoms with Gasteiger partial charge in [-0.1, -0.05) is 12.1 Å². The van der Waals surface area contributed by atoms with Gasteiger partial charge < -0.3 is 5.73 Å². The molecule has 1 heterocycles. The Morgan fingerprint density at radius 3 is 2.83 bits per heavy atom. The Morgan fingerprint density at radius 2 is 2.22 bits per heavy atom. The molecule has 18 heavy (non-hydrogen) atoms. The van der Waals surface area contributed by atoms with Gasteiger partial charge in [0.2, 0.25) is 0 Å². The molecule has 4 nitrogen and oxygen atoms in total. The van der Waals surface area contributed by atoms with Crippen LogP contribution in [0.4, 0.5) is 0 Å². The van der Waals surface area contributed by atoms with Crippen LogP contribution in [-0.4, -0.2) is 19.7 Å². The highest BCUT2D eigenvalue weighted by atomic mass is 32.2. The standard InChI is InChI=1S/C12H14N2O2S2/c1-18(15,16)11-4-2-3-9(5-11)12(13)6-10-7-14-8-17-10/h2-5,7-8,12H,6,13H2,1H3. The van der Waals surface area contributed by atoms with Crippen LogP contribution in [0.2, 0.25) is 0 Å². The minimum Gasteiger partial charge on any atom is -0.324 e. The summed E-state index contributed by atoms with van der Waals surface area (Å²) in [6.07, 6.45) is 3.64. The molecule has 1 atom stereocenters. The van der Waals surface area contributed by atoms with E-state index >= 15 is 0 Å². The van der Waals surface area contributed by atoms with Crippen molar-refractivity contribution in [3.05, 3.63) is 46.4 Å². The van der Waals surface area contributed by atoms with Crippen LogP contribution in [0, 0.1) is 0 Å². The van der Waals surface area contributed by atoms with Gasteiger partial charge in [-0.2, -0.15) is 0 Å². The second-order valence-corrected chi connectivity index (χ2v) is 7.11. The first-order valence-corrected chi connectivity index (χ1v) is 8.17. The lowest BCUT2D eigenvalue weighted by atomic mass is 10.0. The molecule has 1 aromatic heterocycles. The van der Waals surface area contributed by atoms with Crippen molar-refractivity contribution in [2.24, 2.45) is 5.73 Å². The van der Waals surface area contributed by atoms with Crippen LogP contribution in [0.25, 0.3) is 0 Å². The first-order valence-electron chi connectivity index (χ1n) is 5.40. The Hall–Kier alpha value is -1.24. The quantitative estimate of drug-likeness (QED) is 0.928. The zero-order valence-electron chi connectivity index (χ0n) is 9.91. The van der Waals surface area contributed by atoms with Crippen molar-refractivity contribution in [3.63, 3.8) is 0 Å². The summed E-state index contributed by atoms with van der Waals surface area (Å²) in [6, 6.07) is 6.57. The predicted octanol–water partition coefficient (Wildman–Crippen LogP) is 1.79. The Labute approximate surface area is 110 Å². The fraction of sp³-hybridized carbons (Fsp3) is 0.250. The molecule has 2 aromatic rings. The Bertz CT molecular complexity index is 621. The molecule has 0 fully saturated rings. The molecule has 0 saturated carbocycles. The second-order valence-electron chi connectivity index (χ2n) is 4.12. The minimum absolute atomic E-state index is 0.216. The molecular weight excluding hydrogens is 268 g/mol. The van der Waals surface area contributed by atoms with Gasteiger partial charge in [-0.15, -0.1) is 11.3 Å². The summed E-state index contributed by atoms with van der Waals surface area (Å²) >= 11 is 1.55. The third-order valence-corrected chi connectivity index (χ3v) is 4.53. The third kappa shape index (κ3) is 3.16. The molecule has 0 saturated heterocycles. The van der Waals surface area contributed by atoms with E-state index in [-0.39, 0.29) is 6.04 Å². The molecule has 0 radical (unpaired) electrons. The molecule has 0 spiro atoms. The summed E-state index contributed by atoms with van der Waals surface area (Å²) in [5.41, 5.74) is 8.67. The summed E-state index contributed by atoms with van der Waals surface area (Å²) in [5, 5.41) is 0. The van der Waals surface area contributed by atoms with E-state index in [0.717, 1.165) is 10.4 Å². The maximum Gasteiger partial charge on any atom is 0.175 e. The lowest BCUT2D eigenvalue weighted by Gasteiger charge is -2.11. The summed E-state index contributed by atoms with van der Waals surface area (Å²) in [7, 11) is -3.19. The first kappa shape index (κ1) is 13.2. The summed E-state index contributed by atoms with van der Waals surface area (Å²) < 4.78 is 23.0. The molecule has 6 heteroatoms. The lowest BCUT2D eigenvalue weighted by molar-refractivity contribution is 0.601. The molecule has 96 valence electrons. The Balaban J connectivity index is 2.23. The van der Waals surface area contributed by atoms with Crippen LogP contribution in [0.3, 0.4) is 0 Å². The molecule has 0 bridgehead atoms. The van der Waals surface area contributed by atoms with E-state index in [9.17, 15) is 8.42 Å². The van der Waals surface area contributed by atoms with Crippen molar-refractivity contribution in [2.45, 2.75) is 17.4 Å². The largest absolute Gasteiger partial charge is 0.324 e. The van der Waals surface area contributed by atoms with Crippen molar-refractivity contribution in [1.29, 1.82) is 0 Å². The van der Waals surface area contributed by atoms with Crippen LogP contribution >= 0.6 is 11.3 Å². The van der Waals surface area contributed by atoms with E-state index in [2.05, 4.69) is 4.98 Å². The van der Waals surface area contributed by atoms with Gasteiger partial charge in [-0.05, 0) is 17.7 Å². The predicted molar refractivity (Wildman–Crippen MR) is 72.3 cm³/mol. The molecule has 2 N–H and O–H groups in total. The molecule has 0 aliphatic carbocycles. The van der Waals surface area contributed by atoms with Crippen LogP contribution < -0.4 is 5.73 Å². The SMILES string of the molecule is CS(=O)(=O)c1cccc(C(N)Cc2cncs2)c1. The van der Waals surface area contributed by atoms with E-state index < -0.39 is 9.84 Å². The van der Waals surface area contributed by atoms with Gasteiger partial charge in [0.25, 0.3) is 0 Å². The fourth-order valence-corrected chi connectivity index (χ4v) is 2.98. The van der Waals surface area contributed by atoms with Crippen LogP contribution in [0.1, 0.15) is 16.5 Å². The van der Waals surface area contributed by atoms with Gasteiger partial charge in [0, 0.05) is 29.8 Å². The highest BCUT2D eigenvalue weighted by molar-refractivity contribution is 7.90. The van der Waals surface area contributed by atoms with Gasteiger partial charge in [0.1, 0.15) is 0 Å².